The number of carbonyl (C=O) groups is 1. The van der Waals surface area contributed by atoms with Crippen molar-refractivity contribution in [3.63, 3.8) is 0 Å². The highest BCUT2D eigenvalue weighted by Crippen LogP contribution is 2.30. The van der Waals surface area contributed by atoms with Crippen LogP contribution in [0.15, 0.2) is 0 Å². The summed E-state index contributed by atoms with van der Waals surface area (Å²) in [5.41, 5.74) is 6.28. The number of nitrogens with two attached hydrogens (primary N) is 1. The lowest BCUT2D eigenvalue weighted by Gasteiger charge is -2.20. The minimum Gasteiger partial charge on any atom is -0.382 e. The Morgan fingerprint density at radius 2 is 2.06 bits per heavy atom. The van der Waals surface area contributed by atoms with Crippen LogP contribution in [0.4, 0.5) is 10.8 Å². The molecule has 0 atom stereocenters. The first-order valence-corrected chi connectivity index (χ1v) is 6.59. The SMILES string of the molecule is CCN(CC)c1snc(N)c1C(=O)NC(C)C. The molecule has 1 amide bonds. The number of nitrogen functional groups attached to an aromatic ring is 1. The molecule has 0 saturated carbocycles. The van der Waals surface area contributed by atoms with Crippen LogP contribution >= 0.6 is 11.5 Å². The lowest BCUT2D eigenvalue weighted by Crippen LogP contribution is -2.32. The fourth-order valence-electron chi connectivity index (χ4n) is 1.57. The molecular formula is C11H20N4OS. The summed E-state index contributed by atoms with van der Waals surface area (Å²) in [6.45, 7) is 9.60. The van der Waals surface area contributed by atoms with Crippen LogP contribution in [0.5, 0.6) is 0 Å². The van der Waals surface area contributed by atoms with Crippen molar-refractivity contribution in [1.82, 2.24) is 9.69 Å². The summed E-state index contributed by atoms with van der Waals surface area (Å²) in [5.74, 6) is 0.170. The largest absolute Gasteiger partial charge is 0.382 e. The number of hydrogen-bond acceptors (Lipinski definition) is 5. The molecule has 1 aromatic heterocycles. The molecule has 0 spiro atoms. The van der Waals surface area contributed by atoms with Gasteiger partial charge in [0.05, 0.1) is 0 Å². The monoisotopic (exact) mass is 256 g/mol. The van der Waals surface area contributed by atoms with Crippen molar-refractivity contribution >= 4 is 28.3 Å². The Morgan fingerprint density at radius 1 is 1.47 bits per heavy atom. The van der Waals surface area contributed by atoms with Crippen LogP contribution in [0.1, 0.15) is 38.1 Å². The van der Waals surface area contributed by atoms with Crippen LogP contribution in [0.3, 0.4) is 0 Å². The predicted octanol–water partition coefficient (Wildman–Crippen LogP) is 1.71. The third kappa shape index (κ3) is 3.09. The van der Waals surface area contributed by atoms with Crippen LogP contribution in [-0.2, 0) is 0 Å². The number of anilines is 2. The summed E-state index contributed by atoms with van der Waals surface area (Å²) < 4.78 is 4.08. The Balaban J connectivity index is 3.05. The lowest BCUT2D eigenvalue weighted by atomic mass is 10.2. The van der Waals surface area contributed by atoms with E-state index in [1.54, 1.807) is 0 Å². The molecule has 0 aliphatic rings. The smallest absolute Gasteiger partial charge is 0.258 e. The van der Waals surface area contributed by atoms with Crippen LogP contribution < -0.4 is 16.0 Å². The van der Waals surface area contributed by atoms with Crippen LogP contribution in [0.25, 0.3) is 0 Å². The van der Waals surface area contributed by atoms with Crippen molar-refractivity contribution in [2.24, 2.45) is 0 Å². The van der Waals surface area contributed by atoms with Gasteiger partial charge in [0.25, 0.3) is 5.91 Å². The van der Waals surface area contributed by atoms with Crippen LogP contribution in [-0.4, -0.2) is 29.4 Å². The van der Waals surface area contributed by atoms with E-state index in [0.717, 1.165) is 18.1 Å². The quantitative estimate of drug-likeness (QED) is 0.841. The van der Waals surface area contributed by atoms with Crippen LogP contribution in [0.2, 0.25) is 0 Å². The molecule has 0 unspecified atom stereocenters. The fourth-order valence-corrected chi connectivity index (χ4v) is 2.51. The molecule has 0 bridgehead atoms. The number of nitrogens with zero attached hydrogens (tertiary/aromatic N) is 2. The van der Waals surface area contributed by atoms with Gasteiger partial charge in [0, 0.05) is 19.1 Å². The predicted molar refractivity (Wildman–Crippen MR) is 72.7 cm³/mol. The number of carbonyl (C=O) groups excluding carboxylic acids is 1. The van der Waals surface area contributed by atoms with Gasteiger partial charge >= 0.3 is 0 Å². The van der Waals surface area contributed by atoms with Gasteiger partial charge in [-0.1, -0.05) is 0 Å². The van der Waals surface area contributed by atoms with Gasteiger partial charge in [-0.25, -0.2) is 0 Å². The van der Waals surface area contributed by atoms with Gasteiger partial charge in [0.2, 0.25) is 0 Å². The summed E-state index contributed by atoms with van der Waals surface area (Å²) in [5, 5.41) is 3.70. The zero-order valence-corrected chi connectivity index (χ0v) is 11.6. The van der Waals surface area contributed by atoms with Crippen LogP contribution in [0, 0.1) is 0 Å². The van der Waals surface area contributed by atoms with Gasteiger partial charge in [-0.3, -0.25) is 4.79 Å². The zero-order valence-electron chi connectivity index (χ0n) is 10.8. The Kier molecular flexibility index (Phi) is 4.74. The molecule has 17 heavy (non-hydrogen) atoms. The molecule has 0 aromatic carbocycles. The summed E-state index contributed by atoms with van der Waals surface area (Å²) in [4.78, 5) is 14.1. The normalized spacial score (nSPS) is 10.6. The number of rotatable bonds is 5. The molecule has 1 heterocycles. The Morgan fingerprint density at radius 3 is 2.53 bits per heavy atom. The molecule has 0 saturated heterocycles. The Hall–Kier alpha value is -1.30. The second-order valence-corrected chi connectivity index (χ2v) is 4.80. The molecular weight excluding hydrogens is 236 g/mol. The van der Waals surface area contributed by atoms with Crippen molar-refractivity contribution < 1.29 is 4.79 Å². The first kappa shape index (κ1) is 13.8. The highest BCUT2D eigenvalue weighted by atomic mass is 32.1. The maximum Gasteiger partial charge on any atom is 0.258 e. The van der Waals surface area contributed by atoms with Gasteiger partial charge in [0.15, 0.2) is 5.82 Å². The summed E-state index contributed by atoms with van der Waals surface area (Å²) in [6.07, 6.45) is 0. The van der Waals surface area contributed by atoms with Gasteiger partial charge < -0.3 is 16.0 Å². The summed E-state index contributed by atoms with van der Waals surface area (Å²) in [7, 11) is 0. The van der Waals surface area contributed by atoms with Gasteiger partial charge in [-0.2, -0.15) is 4.37 Å². The van der Waals surface area contributed by atoms with E-state index >= 15 is 0 Å². The maximum absolute atomic E-state index is 12.0. The molecule has 0 fully saturated rings. The molecule has 1 aromatic rings. The van der Waals surface area contributed by atoms with Crippen molar-refractivity contribution in [3.8, 4) is 0 Å². The van der Waals surface area contributed by atoms with Crippen molar-refractivity contribution in [1.29, 1.82) is 0 Å². The highest BCUT2D eigenvalue weighted by Gasteiger charge is 2.22. The summed E-state index contributed by atoms with van der Waals surface area (Å²) >= 11 is 1.28. The van der Waals surface area contributed by atoms with E-state index in [4.69, 9.17) is 5.73 Å². The second kappa shape index (κ2) is 5.86. The first-order chi connectivity index (χ1) is 8.01. The number of amides is 1. The van der Waals surface area contributed by atoms with E-state index in [1.165, 1.54) is 11.5 Å². The molecule has 0 aliphatic carbocycles. The minimum atomic E-state index is -0.145. The Labute approximate surface area is 106 Å². The standard InChI is InChI=1S/C11H20N4OS/c1-5-15(6-2)11-8(9(12)14-17-11)10(16)13-7(3)4/h7H,5-6H2,1-4H3,(H2,12,14)(H,13,16). The van der Waals surface area contributed by atoms with Gasteiger partial charge in [-0.05, 0) is 39.2 Å². The van der Waals surface area contributed by atoms with Gasteiger partial charge in [-0.15, -0.1) is 0 Å². The molecule has 0 aliphatic heterocycles. The molecule has 1 rings (SSSR count). The molecule has 96 valence electrons. The first-order valence-electron chi connectivity index (χ1n) is 5.82. The second-order valence-electron chi connectivity index (χ2n) is 4.05. The zero-order chi connectivity index (χ0) is 13.0. The average molecular weight is 256 g/mol. The minimum absolute atomic E-state index is 0.0892. The number of hydrogen-bond donors (Lipinski definition) is 2. The number of aromatic nitrogens is 1. The Bertz CT molecular complexity index is 385. The third-order valence-electron chi connectivity index (χ3n) is 2.40. The van der Waals surface area contributed by atoms with Gasteiger partial charge in [0.1, 0.15) is 10.6 Å². The molecule has 5 nitrogen and oxygen atoms in total. The molecule has 0 radical (unpaired) electrons. The van der Waals surface area contributed by atoms with E-state index in [2.05, 4.69) is 14.6 Å². The van der Waals surface area contributed by atoms with Crippen molar-refractivity contribution in [2.75, 3.05) is 23.7 Å². The number of nitrogens with one attached hydrogen (secondary N) is 1. The fraction of sp³-hybridized carbons (Fsp3) is 0.636. The van der Waals surface area contributed by atoms with Crippen molar-refractivity contribution in [3.05, 3.63) is 5.56 Å². The average Bonchev–Trinajstić information content (AvgIpc) is 2.61. The topological polar surface area (TPSA) is 71.2 Å². The summed E-state index contributed by atoms with van der Waals surface area (Å²) in [6, 6.07) is 0.0892. The highest BCUT2D eigenvalue weighted by molar-refractivity contribution is 7.11. The van der Waals surface area contributed by atoms with E-state index in [0.29, 0.717) is 11.4 Å². The van der Waals surface area contributed by atoms with E-state index in [1.807, 2.05) is 27.7 Å². The van der Waals surface area contributed by atoms with E-state index in [9.17, 15) is 4.79 Å². The van der Waals surface area contributed by atoms with E-state index in [-0.39, 0.29) is 11.9 Å². The van der Waals surface area contributed by atoms with Crippen molar-refractivity contribution in [2.45, 2.75) is 33.7 Å². The third-order valence-corrected chi connectivity index (χ3v) is 3.32. The van der Waals surface area contributed by atoms with E-state index < -0.39 is 0 Å². The maximum atomic E-state index is 12.0. The molecule has 6 heteroatoms. The lowest BCUT2D eigenvalue weighted by molar-refractivity contribution is 0.0945. The molecule has 3 N–H and O–H groups in total.